The van der Waals surface area contributed by atoms with Gasteiger partial charge < -0.3 is 4.74 Å². The number of anilines is 1. The molecule has 0 radical (unpaired) electrons. The van der Waals surface area contributed by atoms with Crippen LogP contribution >= 0.6 is 34.8 Å². The molecule has 1 aromatic rings. The molecule has 0 saturated carbocycles. The van der Waals surface area contributed by atoms with Crippen molar-refractivity contribution in [1.29, 1.82) is 0 Å². The number of nitrogens with zero attached hydrogens (tertiary/aromatic N) is 1. The number of carbonyl (C=O) groups excluding carboxylic acids is 1. The average molecular weight is 338 g/mol. The number of pyridine rings is 1. The molecule has 0 spiro atoms. The van der Waals surface area contributed by atoms with Crippen molar-refractivity contribution in [2.24, 2.45) is 0 Å². The zero-order valence-electron chi connectivity index (χ0n) is 8.97. The lowest BCUT2D eigenvalue weighted by Gasteiger charge is -2.12. The van der Waals surface area contributed by atoms with Gasteiger partial charge in [0.15, 0.2) is 0 Å². The minimum absolute atomic E-state index is 0.329. The highest BCUT2D eigenvalue weighted by molar-refractivity contribution is 6.67. The van der Waals surface area contributed by atoms with Crippen LogP contribution in [0.25, 0.3) is 0 Å². The van der Waals surface area contributed by atoms with Gasteiger partial charge in [0.05, 0.1) is 5.56 Å². The quantitative estimate of drug-likeness (QED) is 0.829. The van der Waals surface area contributed by atoms with Crippen molar-refractivity contribution in [3.05, 3.63) is 23.9 Å². The Labute approximate surface area is 120 Å². The maximum atomic E-state index is 12.4. The standard InChI is InChI=1S/C9H6Cl3F3N2O2/c10-8(11,12)4-19-7(18)17-6-3-5(1-2-16-6)9(13,14)15/h1-3H,4H2,(H,16,17,18). The van der Waals surface area contributed by atoms with Gasteiger partial charge >= 0.3 is 12.3 Å². The van der Waals surface area contributed by atoms with E-state index in [1.807, 2.05) is 5.32 Å². The SMILES string of the molecule is O=C(Nc1cc(C(F)(F)F)ccn1)OCC(Cl)(Cl)Cl. The topological polar surface area (TPSA) is 51.2 Å². The Morgan fingerprint density at radius 2 is 2.00 bits per heavy atom. The second kappa shape index (κ2) is 6.02. The van der Waals surface area contributed by atoms with E-state index in [2.05, 4.69) is 9.72 Å². The molecule has 1 amide bonds. The van der Waals surface area contributed by atoms with Crippen LogP contribution in [0.15, 0.2) is 18.3 Å². The fraction of sp³-hybridized carbons (Fsp3) is 0.333. The summed E-state index contributed by atoms with van der Waals surface area (Å²) in [6.45, 7) is -0.553. The maximum Gasteiger partial charge on any atom is 0.416 e. The molecule has 0 atom stereocenters. The highest BCUT2D eigenvalue weighted by atomic mass is 35.6. The molecule has 1 N–H and O–H groups in total. The summed E-state index contributed by atoms with van der Waals surface area (Å²) in [6, 6.07) is 1.41. The number of rotatable bonds is 2. The molecule has 4 nitrogen and oxygen atoms in total. The molecule has 0 aliphatic rings. The Kier molecular flexibility index (Phi) is 5.11. The van der Waals surface area contributed by atoms with Crippen LogP contribution in [0.2, 0.25) is 0 Å². The van der Waals surface area contributed by atoms with Gasteiger partial charge in [0.1, 0.15) is 12.4 Å². The van der Waals surface area contributed by atoms with Crippen LogP contribution in [-0.4, -0.2) is 21.5 Å². The van der Waals surface area contributed by atoms with Gasteiger partial charge in [-0.2, -0.15) is 13.2 Å². The Balaban J connectivity index is 2.65. The third kappa shape index (κ3) is 6.17. The number of aromatic nitrogens is 1. The number of hydrogen-bond acceptors (Lipinski definition) is 3. The second-order valence-electron chi connectivity index (χ2n) is 3.24. The van der Waals surface area contributed by atoms with Crippen molar-refractivity contribution in [2.45, 2.75) is 9.97 Å². The van der Waals surface area contributed by atoms with E-state index in [1.54, 1.807) is 0 Å². The van der Waals surface area contributed by atoms with Gasteiger partial charge in [0, 0.05) is 6.20 Å². The number of amides is 1. The van der Waals surface area contributed by atoms with E-state index < -0.39 is 28.2 Å². The van der Waals surface area contributed by atoms with Gasteiger partial charge in [0.2, 0.25) is 3.79 Å². The molecule has 106 valence electrons. The average Bonchev–Trinajstić information content (AvgIpc) is 2.25. The van der Waals surface area contributed by atoms with Crippen LogP contribution < -0.4 is 5.32 Å². The van der Waals surface area contributed by atoms with Gasteiger partial charge in [-0.25, -0.2) is 9.78 Å². The molecule has 1 rings (SSSR count). The number of alkyl halides is 6. The van der Waals surface area contributed by atoms with E-state index in [4.69, 9.17) is 34.8 Å². The fourth-order valence-electron chi connectivity index (χ4n) is 0.963. The molecule has 19 heavy (non-hydrogen) atoms. The summed E-state index contributed by atoms with van der Waals surface area (Å²) >= 11 is 16.0. The summed E-state index contributed by atoms with van der Waals surface area (Å²) in [5, 5.41) is 1.98. The third-order valence-corrected chi connectivity index (χ3v) is 2.01. The molecular weight excluding hydrogens is 331 g/mol. The predicted octanol–water partition coefficient (Wildman–Crippen LogP) is 4.02. The summed E-state index contributed by atoms with van der Waals surface area (Å²) in [6.07, 6.45) is -4.73. The smallest absolute Gasteiger partial charge is 0.416 e. The van der Waals surface area contributed by atoms with Crippen LogP contribution in [0, 0.1) is 0 Å². The van der Waals surface area contributed by atoms with Crippen molar-refractivity contribution < 1.29 is 22.7 Å². The van der Waals surface area contributed by atoms with Crippen LogP contribution in [0.5, 0.6) is 0 Å². The van der Waals surface area contributed by atoms with E-state index in [0.29, 0.717) is 6.07 Å². The number of hydrogen-bond donors (Lipinski definition) is 1. The van der Waals surface area contributed by atoms with E-state index in [1.165, 1.54) is 0 Å². The summed E-state index contributed by atoms with van der Waals surface area (Å²) in [7, 11) is 0. The minimum atomic E-state index is -4.54. The first-order valence-electron chi connectivity index (χ1n) is 4.62. The first-order chi connectivity index (χ1) is 8.58. The summed E-state index contributed by atoms with van der Waals surface area (Å²) in [4.78, 5) is 14.7. The highest BCUT2D eigenvalue weighted by Crippen LogP contribution is 2.30. The molecule has 0 aliphatic heterocycles. The zero-order chi connectivity index (χ0) is 14.7. The Morgan fingerprint density at radius 3 is 2.53 bits per heavy atom. The second-order valence-corrected chi connectivity index (χ2v) is 5.76. The predicted molar refractivity (Wildman–Crippen MR) is 64.5 cm³/mol. The zero-order valence-corrected chi connectivity index (χ0v) is 11.2. The molecule has 1 aromatic heterocycles. The maximum absolute atomic E-state index is 12.4. The summed E-state index contributed by atoms with van der Waals surface area (Å²) in [5.74, 6) is -0.329. The molecule has 0 saturated heterocycles. The fourth-order valence-corrected chi connectivity index (χ4v) is 1.13. The van der Waals surface area contributed by atoms with Crippen molar-refractivity contribution >= 4 is 46.7 Å². The van der Waals surface area contributed by atoms with E-state index in [0.717, 1.165) is 12.3 Å². The van der Waals surface area contributed by atoms with E-state index in [9.17, 15) is 18.0 Å². The van der Waals surface area contributed by atoms with Crippen LogP contribution in [0.1, 0.15) is 5.56 Å². The molecule has 0 aromatic carbocycles. The summed E-state index contributed by atoms with van der Waals surface area (Å²) < 4.78 is 39.8. The van der Waals surface area contributed by atoms with E-state index >= 15 is 0 Å². The van der Waals surface area contributed by atoms with Crippen molar-refractivity contribution in [3.8, 4) is 0 Å². The Morgan fingerprint density at radius 1 is 1.37 bits per heavy atom. The number of carbonyl (C=O) groups is 1. The van der Waals surface area contributed by atoms with Crippen molar-refractivity contribution in [3.63, 3.8) is 0 Å². The lowest BCUT2D eigenvalue weighted by Crippen LogP contribution is -2.21. The number of nitrogens with one attached hydrogen (secondary N) is 1. The van der Waals surface area contributed by atoms with Gasteiger partial charge in [-0.1, -0.05) is 34.8 Å². The Hall–Kier alpha value is -0.920. The molecule has 0 fully saturated rings. The molecular formula is C9H6Cl3F3N2O2. The largest absolute Gasteiger partial charge is 0.445 e. The van der Waals surface area contributed by atoms with Gasteiger partial charge in [-0.3, -0.25) is 5.32 Å². The highest BCUT2D eigenvalue weighted by Gasteiger charge is 2.31. The van der Waals surface area contributed by atoms with Gasteiger partial charge in [-0.05, 0) is 12.1 Å². The minimum Gasteiger partial charge on any atom is -0.445 e. The van der Waals surface area contributed by atoms with Gasteiger partial charge in [0.25, 0.3) is 0 Å². The third-order valence-electron chi connectivity index (χ3n) is 1.68. The molecule has 1 heterocycles. The summed E-state index contributed by atoms with van der Waals surface area (Å²) in [5.41, 5.74) is -0.959. The normalized spacial score (nSPS) is 12.1. The van der Waals surface area contributed by atoms with Crippen LogP contribution in [-0.2, 0) is 10.9 Å². The monoisotopic (exact) mass is 336 g/mol. The number of ether oxygens (including phenoxy) is 1. The van der Waals surface area contributed by atoms with E-state index in [-0.39, 0.29) is 5.82 Å². The lowest BCUT2D eigenvalue weighted by molar-refractivity contribution is -0.137. The number of halogens is 6. The van der Waals surface area contributed by atoms with Crippen molar-refractivity contribution in [1.82, 2.24) is 4.98 Å². The molecule has 0 bridgehead atoms. The van der Waals surface area contributed by atoms with Gasteiger partial charge in [-0.15, -0.1) is 0 Å². The first-order valence-corrected chi connectivity index (χ1v) is 5.75. The van der Waals surface area contributed by atoms with Crippen LogP contribution in [0.4, 0.5) is 23.8 Å². The van der Waals surface area contributed by atoms with Crippen molar-refractivity contribution in [2.75, 3.05) is 11.9 Å². The molecule has 0 unspecified atom stereocenters. The molecule has 10 heteroatoms. The molecule has 0 aliphatic carbocycles. The lowest BCUT2D eigenvalue weighted by atomic mass is 10.2. The first kappa shape index (κ1) is 16.1. The van der Waals surface area contributed by atoms with Crippen LogP contribution in [0.3, 0.4) is 0 Å². The Bertz CT molecular complexity index is 463.